The van der Waals surface area contributed by atoms with Crippen molar-refractivity contribution in [2.75, 3.05) is 12.4 Å². The molecule has 6 nitrogen and oxygen atoms in total. The second kappa shape index (κ2) is 8.16. The Morgan fingerprint density at radius 3 is 2.33 bits per heavy atom. The molecule has 0 radical (unpaired) electrons. The average Bonchev–Trinajstić information content (AvgIpc) is 2.56. The summed E-state index contributed by atoms with van der Waals surface area (Å²) in [6, 6.07) is 12.6. The van der Waals surface area contributed by atoms with Crippen molar-refractivity contribution in [2.24, 2.45) is 0 Å². The molecule has 0 aliphatic heterocycles. The fourth-order valence-electron chi connectivity index (χ4n) is 2.07. The number of aliphatic carboxylic acids is 1. The molecule has 0 aromatic heterocycles. The summed E-state index contributed by atoms with van der Waals surface area (Å²) in [5.74, 6) is -0.160. The van der Waals surface area contributed by atoms with Gasteiger partial charge >= 0.3 is 5.97 Å². The molecule has 2 aromatic carbocycles. The molecular weight excluding hydrogens is 328 g/mol. The van der Waals surface area contributed by atoms with E-state index in [9.17, 15) is 15.0 Å². The van der Waals surface area contributed by atoms with Gasteiger partial charge in [0, 0.05) is 12.1 Å². The van der Waals surface area contributed by atoms with E-state index in [1.807, 2.05) is 0 Å². The maximum atomic E-state index is 11.4. The van der Waals surface area contributed by atoms with E-state index in [0.717, 1.165) is 17.0 Å². The largest absolute Gasteiger partial charge is 0.508 e. The Morgan fingerprint density at radius 2 is 1.79 bits per heavy atom. The van der Waals surface area contributed by atoms with Crippen LogP contribution in [-0.4, -0.2) is 34.4 Å². The molecule has 0 aliphatic rings. The van der Waals surface area contributed by atoms with E-state index in [1.165, 1.54) is 12.1 Å². The van der Waals surface area contributed by atoms with Crippen LogP contribution < -0.4 is 15.4 Å². The van der Waals surface area contributed by atoms with Gasteiger partial charge in [0.2, 0.25) is 0 Å². The fraction of sp³-hybridized carbons (Fsp3) is 0.176. The minimum absolute atomic E-state index is 0.135. The van der Waals surface area contributed by atoms with Crippen LogP contribution in [0.1, 0.15) is 5.56 Å². The van der Waals surface area contributed by atoms with Crippen LogP contribution in [0, 0.1) is 0 Å². The third-order valence-corrected chi connectivity index (χ3v) is 3.55. The lowest BCUT2D eigenvalue weighted by atomic mass is 10.1. The van der Waals surface area contributed by atoms with Gasteiger partial charge in [-0.25, -0.2) is 4.79 Å². The second-order valence-electron chi connectivity index (χ2n) is 5.09. The van der Waals surface area contributed by atoms with E-state index in [-0.39, 0.29) is 17.3 Å². The molecule has 7 heteroatoms. The third-order valence-electron chi connectivity index (χ3n) is 3.33. The SMILES string of the molecule is COc1ccc(NC(=S)NC(Cc2ccc(O)cc2)C(=O)O)cc1. The summed E-state index contributed by atoms with van der Waals surface area (Å²) in [4.78, 5) is 11.4. The molecule has 0 saturated carbocycles. The number of nitrogens with one attached hydrogen (secondary N) is 2. The average molecular weight is 346 g/mol. The van der Waals surface area contributed by atoms with Crippen molar-refractivity contribution in [3.63, 3.8) is 0 Å². The molecule has 0 amide bonds. The number of anilines is 1. The summed E-state index contributed by atoms with van der Waals surface area (Å²) in [6.07, 6.45) is 0.236. The maximum Gasteiger partial charge on any atom is 0.326 e. The highest BCUT2D eigenvalue weighted by Gasteiger charge is 2.19. The first kappa shape index (κ1) is 17.6. The first-order chi connectivity index (χ1) is 11.5. The van der Waals surface area contributed by atoms with E-state index in [2.05, 4.69) is 10.6 Å². The zero-order chi connectivity index (χ0) is 17.5. The standard InChI is InChI=1S/C17H18N2O4S/c1-23-14-8-4-12(5-9-14)18-17(24)19-15(16(21)22)10-11-2-6-13(20)7-3-11/h2-9,15,20H,10H2,1H3,(H,21,22)(H2,18,19,24). The van der Waals surface area contributed by atoms with Crippen LogP contribution in [0.5, 0.6) is 11.5 Å². The number of ether oxygens (including phenoxy) is 1. The van der Waals surface area contributed by atoms with Gasteiger partial charge in [0.1, 0.15) is 17.5 Å². The number of rotatable bonds is 6. The predicted octanol–water partition coefficient (Wildman–Crippen LogP) is 2.38. The van der Waals surface area contributed by atoms with Gasteiger partial charge in [0.25, 0.3) is 0 Å². The first-order valence-electron chi connectivity index (χ1n) is 7.20. The number of phenolic OH excluding ortho intramolecular Hbond substituents is 1. The molecule has 0 bridgehead atoms. The number of thiocarbonyl (C=S) groups is 1. The molecule has 126 valence electrons. The van der Waals surface area contributed by atoms with Crippen LogP contribution in [0.3, 0.4) is 0 Å². The van der Waals surface area contributed by atoms with Crippen molar-refractivity contribution >= 4 is 29.0 Å². The molecule has 0 spiro atoms. The number of methoxy groups -OCH3 is 1. The fourth-order valence-corrected chi connectivity index (χ4v) is 2.33. The van der Waals surface area contributed by atoms with Gasteiger partial charge in [-0.05, 0) is 54.2 Å². The summed E-state index contributed by atoms with van der Waals surface area (Å²) in [7, 11) is 1.58. The van der Waals surface area contributed by atoms with E-state index in [4.69, 9.17) is 17.0 Å². The van der Waals surface area contributed by atoms with Gasteiger partial charge in [-0.15, -0.1) is 0 Å². The van der Waals surface area contributed by atoms with E-state index >= 15 is 0 Å². The Morgan fingerprint density at radius 1 is 1.17 bits per heavy atom. The van der Waals surface area contributed by atoms with Crippen molar-refractivity contribution < 1.29 is 19.7 Å². The lowest BCUT2D eigenvalue weighted by molar-refractivity contribution is -0.139. The number of hydrogen-bond donors (Lipinski definition) is 4. The van der Waals surface area contributed by atoms with Crippen LogP contribution in [0.2, 0.25) is 0 Å². The molecule has 24 heavy (non-hydrogen) atoms. The van der Waals surface area contributed by atoms with Crippen LogP contribution in [0.4, 0.5) is 5.69 Å². The zero-order valence-corrected chi connectivity index (χ0v) is 13.8. The number of benzene rings is 2. The van der Waals surface area contributed by atoms with Gasteiger partial charge in [-0.2, -0.15) is 0 Å². The minimum Gasteiger partial charge on any atom is -0.508 e. The molecule has 0 heterocycles. The number of carboxylic acids is 1. The Bertz CT molecular complexity index is 702. The van der Waals surface area contributed by atoms with Crippen LogP contribution in [0.25, 0.3) is 0 Å². The number of carbonyl (C=O) groups is 1. The van der Waals surface area contributed by atoms with Crippen LogP contribution in [-0.2, 0) is 11.2 Å². The van der Waals surface area contributed by atoms with Crippen LogP contribution >= 0.6 is 12.2 Å². The summed E-state index contributed by atoms with van der Waals surface area (Å²) >= 11 is 5.17. The van der Waals surface area contributed by atoms with Crippen molar-refractivity contribution in [3.05, 3.63) is 54.1 Å². The molecule has 0 aliphatic carbocycles. The minimum atomic E-state index is -1.01. The first-order valence-corrected chi connectivity index (χ1v) is 7.61. The topological polar surface area (TPSA) is 90.8 Å². The predicted molar refractivity (Wildman–Crippen MR) is 95.6 cm³/mol. The number of phenols is 1. The number of hydrogen-bond acceptors (Lipinski definition) is 4. The van der Waals surface area contributed by atoms with Gasteiger partial charge in [0.05, 0.1) is 7.11 Å². The zero-order valence-electron chi connectivity index (χ0n) is 13.0. The van der Waals surface area contributed by atoms with E-state index in [0.29, 0.717) is 0 Å². The molecular formula is C17H18N2O4S. The van der Waals surface area contributed by atoms with Crippen molar-refractivity contribution in [3.8, 4) is 11.5 Å². The third kappa shape index (κ3) is 5.13. The highest BCUT2D eigenvalue weighted by molar-refractivity contribution is 7.80. The normalized spacial score (nSPS) is 11.4. The molecule has 1 atom stereocenters. The quantitative estimate of drug-likeness (QED) is 0.597. The Kier molecular flexibility index (Phi) is 5.97. The van der Waals surface area contributed by atoms with E-state index < -0.39 is 12.0 Å². The molecule has 0 saturated heterocycles. The lowest BCUT2D eigenvalue weighted by Gasteiger charge is -2.17. The Hall–Kier alpha value is -2.80. The second-order valence-corrected chi connectivity index (χ2v) is 5.50. The summed E-state index contributed by atoms with van der Waals surface area (Å²) in [5.41, 5.74) is 1.50. The van der Waals surface area contributed by atoms with Crippen molar-refractivity contribution in [2.45, 2.75) is 12.5 Å². The smallest absolute Gasteiger partial charge is 0.326 e. The number of aromatic hydroxyl groups is 1. The van der Waals surface area contributed by atoms with Gasteiger partial charge in [0.15, 0.2) is 5.11 Å². The molecule has 2 aromatic rings. The maximum absolute atomic E-state index is 11.4. The Labute approximate surface area is 145 Å². The lowest BCUT2D eigenvalue weighted by Crippen LogP contribution is -2.44. The highest BCUT2D eigenvalue weighted by atomic mass is 32.1. The molecule has 4 N–H and O–H groups in total. The molecule has 2 rings (SSSR count). The van der Waals surface area contributed by atoms with Gasteiger partial charge < -0.3 is 25.6 Å². The van der Waals surface area contributed by atoms with Crippen LogP contribution in [0.15, 0.2) is 48.5 Å². The van der Waals surface area contributed by atoms with Crippen molar-refractivity contribution in [1.82, 2.24) is 5.32 Å². The highest BCUT2D eigenvalue weighted by Crippen LogP contribution is 2.15. The molecule has 0 fully saturated rings. The summed E-state index contributed by atoms with van der Waals surface area (Å²) in [6.45, 7) is 0. The summed E-state index contributed by atoms with van der Waals surface area (Å²) < 4.78 is 5.07. The molecule has 1 unspecified atom stereocenters. The van der Waals surface area contributed by atoms with Gasteiger partial charge in [-0.3, -0.25) is 0 Å². The Balaban J connectivity index is 1.97. The monoisotopic (exact) mass is 346 g/mol. The number of carboxylic acid groups (broad SMARTS) is 1. The summed E-state index contributed by atoms with van der Waals surface area (Å²) in [5, 5.41) is 24.6. The van der Waals surface area contributed by atoms with Crippen molar-refractivity contribution in [1.29, 1.82) is 0 Å². The van der Waals surface area contributed by atoms with Gasteiger partial charge in [-0.1, -0.05) is 12.1 Å². The van der Waals surface area contributed by atoms with E-state index in [1.54, 1.807) is 43.5 Å².